The smallest absolute Gasteiger partial charge is 0.412 e. The molecule has 0 spiro atoms. The summed E-state index contributed by atoms with van der Waals surface area (Å²) in [4.78, 5) is 37.6. The van der Waals surface area contributed by atoms with Gasteiger partial charge in [-0.15, -0.1) is 0 Å². The van der Waals surface area contributed by atoms with Gasteiger partial charge in [-0.1, -0.05) is 36.1 Å². The molecule has 0 saturated carbocycles. The van der Waals surface area contributed by atoms with Crippen LogP contribution in [0.25, 0.3) is 0 Å². The van der Waals surface area contributed by atoms with Crippen molar-refractivity contribution in [3.8, 4) is 17.9 Å². The SMILES string of the molecule is CC(C)(C)OC(=O)Nc1ccc(C#Cc2ccccc2F)cc1NC(=O)CC(=O)c1cccc(C#N)c1. The molecule has 2 amide bonds. The summed E-state index contributed by atoms with van der Waals surface area (Å²) in [6.07, 6.45) is -1.23. The van der Waals surface area contributed by atoms with Crippen LogP contribution < -0.4 is 10.6 Å². The number of nitrogens with one attached hydrogen (secondary N) is 2. The lowest BCUT2D eigenvalue weighted by Crippen LogP contribution is -2.27. The molecule has 0 atom stereocenters. The molecule has 3 rings (SSSR count). The van der Waals surface area contributed by atoms with E-state index in [1.165, 1.54) is 36.4 Å². The number of ether oxygens (including phenoxy) is 1. The largest absolute Gasteiger partial charge is 0.444 e. The first-order valence-corrected chi connectivity index (χ1v) is 11.3. The molecule has 3 aromatic rings. The summed E-state index contributed by atoms with van der Waals surface area (Å²) in [7, 11) is 0. The molecule has 0 saturated heterocycles. The zero-order valence-corrected chi connectivity index (χ0v) is 20.5. The first-order valence-electron chi connectivity index (χ1n) is 11.3. The van der Waals surface area contributed by atoms with Crippen molar-refractivity contribution >= 4 is 29.2 Å². The van der Waals surface area contributed by atoms with Gasteiger partial charge in [0.25, 0.3) is 0 Å². The van der Waals surface area contributed by atoms with Gasteiger partial charge in [-0.3, -0.25) is 14.9 Å². The van der Waals surface area contributed by atoms with Crippen molar-refractivity contribution in [3.63, 3.8) is 0 Å². The van der Waals surface area contributed by atoms with Crippen LogP contribution in [0, 0.1) is 29.0 Å². The van der Waals surface area contributed by atoms with Crippen LogP contribution in [-0.4, -0.2) is 23.4 Å². The second-order valence-electron chi connectivity index (χ2n) is 8.96. The summed E-state index contributed by atoms with van der Waals surface area (Å²) in [5.74, 6) is 3.98. The quantitative estimate of drug-likeness (QED) is 0.269. The number of ketones is 1. The standard InChI is InChI=1S/C29H24FN3O4/c1-29(2,3)37-28(36)33-24-14-12-19(11-13-21-8-4-5-10-23(21)30)16-25(24)32-27(35)17-26(34)22-9-6-7-20(15-22)18-31/h4-10,12,14-16H,17H2,1-3H3,(H,32,35)(H,33,36). The summed E-state index contributed by atoms with van der Waals surface area (Å²) in [6, 6.07) is 18.7. The van der Waals surface area contributed by atoms with Crippen LogP contribution in [0.4, 0.5) is 20.6 Å². The highest BCUT2D eigenvalue weighted by molar-refractivity contribution is 6.12. The minimum atomic E-state index is -0.747. The zero-order chi connectivity index (χ0) is 27.0. The molecule has 186 valence electrons. The maximum atomic E-state index is 13.9. The van der Waals surface area contributed by atoms with Crippen molar-refractivity contribution in [2.24, 2.45) is 0 Å². The summed E-state index contributed by atoms with van der Waals surface area (Å²) in [6.45, 7) is 5.14. The monoisotopic (exact) mass is 497 g/mol. The maximum absolute atomic E-state index is 13.9. The molecule has 7 nitrogen and oxygen atoms in total. The number of nitriles is 1. The number of benzene rings is 3. The lowest BCUT2D eigenvalue weighted by atomic mass is 10.1. The van der Waals surface area contributed by atoms with Crippen LogP contribution in [0.5, 0.6) is 0 Å². The predicted octanol–water partition coefficient (Wildman–Crippen LogP) is 5.66. The lowest BCUT2D eigenvalue weighted by Gasteiger charge is -2.20. The van der Waals surface area contributed by atoms with Gasteiger partial charge in [-0.2, -0.15) is 5.26 Å². The minimum Gasteiger partial charge on any atom is -0.444 e. The fraction of sp³-hybridized carbons (Fsp3) is 0.172. The van der Waals surface area contributed by atoms with Crippen molar-refractivity contribution in [1.29, 1.82) is 5.26 Å². The van der Waals surface area contributed by atoms with E-state index in [2.05, 4.69) is 22.5 Å². The zero-order valence-electron chi connectivity index (χ0n) is 20.5. The highest BCUT2D eigenvalue weighted by Crippen LogP contribution is 2.25. The Labute approximate surface area is 214 Å². The Bertz CT molecular complexity index is 1460. The van der Waals surface area contributed by atoms with Gasteiger partial charge in [-0.25, -0.2) is 9.18 Å². The van der Waals surface area contributed by atoms with Crippen molar-refractivity contribution in [2.75, 3.05) is 10.6 Å². The lowest BCUT2D eigenvalue weighted by molar-refractivity contribution is -0.115. The molecule has 0 unspecified atom stereocenters. The maximum Gasteiger partial charge on any atom is 0.412 e. The average molecular weight is 498 g/mol. The summed E-state index contributed by atoms with van der Waals surface area (Å²) < 4.78 is 19.2. The third-order valence-corrected chi connectivity index (χ3v) is 4.78. The van der Waals surface area contributed by atoms with Gasteiger partial charge in [0, 0.05) is 11.1 Å². The number of amides is 2. The molecule has 8 heteroatoms. The number of halogens is 1. The summed E-state index contributed by atoms with van der Waals surface area (Å²) in [5, 5.41) is 14.2. The van der Waals surface area contributed by atoms with Gasteiger partial charge in [0.15, 0.2) is 5.78 Å². The van der Waals surface area contributed by atoms with Crippen LogP contribution in [0.15, 0.2) is 66.7 Å². The second kappa shape index (κ2) is 11.7. The average Bonchev–Trinajstić information content (AvgIpc) is 2.83. The topological polar surface area (TPSA) is 108 Å². The number of hydrogen-bond donors (Lipinski definition) is 2. The van der Waals surface area contributed by atoms with Gasteiger partial charge >= 0.3 is 6.09 Å². The fourth-order valence-electron chi connectivity index (χ4n) is 3.15. The molecule has 37 heavy (non-hydrogen) atoms. The predicted molar refractivity (Wildman–Crippen MR) is 137 cm³/mol. The molecule has 0 fully saturated rings. The molecule has 0 heterocycles. The molecule has 0 bridgehead atoms. The molecule has 0 aromatic heterocycles. The van der Waals surface area contributed by atoms with Crippen LogP contribution >= 0.6 is 0 Å². The number of Topliss-reactive ketones (excluding diaryl/α,β-unsaturated/α-hetero) is 1. The van der Waals surface area contributed by atoms with Gasteiger partial charge < -0.3 is 10.1 Å². The first kappa shape index (κ1) is 26.7. The molecule has 0 radical (unpaired) electrons. The first-order chi connectivity index (χ1) is 17.5. The van der Waals surface area contributed by atoms with Gasteiger partial charge in [0.2, 0.25) is 5.91 Å². The highest BCUT2D eigenvalue weighted by atomic mass is 19.1. The van der Waals surface area contributed by atoms with E-state index < -0.39 is 35.6 Å². The number of anilines is 2. The number of nitrogens with zero attached hydrogens (tertiary/aromatic N) is 1. The van der Waals surface area contributed by atoms with Gasteiger partial charge in [0.1, 0.15) is 11.4 Å². The van der Waals surface area contributed by atoms with E-state index in [1.807, 2.05) is 6.07 Å². The van der Waals surface area contributed by atoms with E-state index >= 15 is 0 Å². The van der Waals surface area contributed by atoms with Crippen LogP contribution in [-0.2, 0) is 9.53 Å². The van der Waals surface area contributed by atoms with Crippen molar-refractivity contribution in [2.45, 2.75) is 32.8 Å². The normalized spacial score (nSPS) is 10.4. The number of carbonyl (C=O) groups is 3. The molecular weight excluding hydrogens is 473 g/mol. The third-order valence-electron chi connectivity index (χ3n) is 4.78. The summed E-state index contributed by atoms with van der Waals surface area (Å²) in [5.41, 5.74) is 0.814. The minimum absolute atomic E-state index is 0.176. The Balaban J connectivity index is 1.86. The van der Waals surface area contributed by atoms with Crippen LogP contribution in [0.2, 0.25) is 0 Å². The van der Waals surface area contributed by atoms with E-state index in [0.717, 1.165) is 0 Å². The van der Waals surface area contributed by atoms with Crippen LogP contribution in [0.1, 0.15) is 54.2 Å². The van der Waals surface area contributed by atoms with Crippen molar-refractivity contribution < 1.29 is 23.5 Å². The molecular formula is C29H24FN3O4. The van der Waals surface area contributed by atoms with Crippen LogP contribution in [0.3, 0.4) is 0 Å². The Morgan fingerprint density at radius 1 is 0.892 bits per heavy atom. The molecule has 3 aromatic carbocycles. The Morgan fingerprint density at radius 3 is 2.35 bits per heavy atom. The van der Waals surface area contributed by atoms with E-state index in [9.17, 15) is 18.8 Å². The second-order valence-corrected chi connectivity index (χ2v) is 8.96. The Morgan fingerprint density at radius 2 is 1.65 bits per heavy atom. The summed E-state index contributed by atoms with van der Waals surface area (Å²) >= 11 is 0. The van der Waals surface area contributed by atoms with Gasteiger partial charge in [-0.05, 0) is 63.2 Å². The Kier molecular flexibility index (Phi) is 8.39. The fourth-order valence-corrected chi connectivity index (χ4v) is 3.15. The van der Waals surface area contributed by atoms with Crippen molar-refractivity contribution in [1.82, 2.24) is 0 Å². The van der Waals surface area contributed by atoms with E-state index in [4.69, 9.17) is 10.00 Å². The molecule has 0 aliphatic carbocycles. The number of carbonyl (C=O) groups excluding carboxylic acids is 3. The third kappa shape index (κ3) is 8.05. The van der Waals surface area contributed by atoms with E-state index in [1.54, 1.807) is 51.1 Å². The van der Waals surface area contributed by atoms with E-state index in [0.29, 0.717) is 11.1 Å². The molecule has 0 aliphatic rings. The van der Waals surface area contributed by atoms with E-state index in [-0.39, 0.29) is 22.5 Å². The van der Waals surface area contributed by atoms with Crippen molar-refractivity contribution in [3.05, 3.63) is 94.8 Å². The number of hydrogen-bond acceptors (Lipinski definition) is 5. The molecule has 0 aliphatic heterocycles. The highest BCUT2D eigenvalue weighted by Gasteiger charge is 2.19. The molecule has 2 N–H and O–H groups in total. The number of rotatable bonds is 5. The van der Waals surface area contributed by atoms with Gasteiger partial charge in [0.05, 0.1) is 35.0 Å². The Hall–Kier alpha value is -4.95.